The van der Waals surface area contributed by atoms with E-state index < -0.39 is 47.9 Å². The van der Waals surface area contributed by atoms with Crippen LogP contribution in [0.2, 0.25) is 15.1 Å². The number of alkyl halides is 2. The fourth-order valence-electron chi connectivity index (χ4n) is 7.59. The number of oxazole rings is 2. The molecule has 0 radical (unpaired) electrons. The molecule has 3 unspecified atom stereocenters. The van der Waals surface area contributed by atoms with Gasteiger partial charge < -0.3 is 27.8 Å². The van der Waals surface area contributed by atoms with E-state index in [1.54, 1.807) is 50.2 Å². The second kappa shape index (κ2) is 21.3. The van der Waals surface area contributed by atoms with E-state index in [-0.39, 0.29) is 62.1 Å². The largest absolute Gasteiger partial charge is 0.489 e. The third-order valence-electron chi connectivity index (χ3n) is 11.3. The zero-order valence-corrected chi connectivity index (χ0v) is 42.5. The number of rotatable bonds is 21. The smallest absolute Gasteiger partial charge is 0.314 e. The summed E-state index contributed by atoms with van der Waals surface area (Å²) < 4.78 is 83.3. The summed E-state index contributed by atoms with van der Waals surface area (Å²) in [7, 11) is -7.34. The lowest BCUT2D eigenvalue weighted by atomic mass is 9.66. The van der Waals surface area contributed by atoms with Crippen LogP contribution in [0.1, 0.15) is 92.0 Å². The number of nitriles is 1. The molecular formula is C47H46Cl5N3O10S2. The highest BCUT2D eigenvalue weighted by Crippen LogP contribution is 2.48. The molecule has 0 aliphatic carbocycles. The molecule has 0 fully saturated rings. The van der Waals surface area contributed by atoms with Crippen LogP contribution in [0.4, 0.5) is 0 Å². The molecule has 0 N–H and O–H groups in total. The number of benzene rings is 4. The van der Waals surface area contributed by atoms with Gasteiger partial charge in [-0.25, -0.2) is 26.8 Å². The van der Waals surface area contributed by atoms with Crippen LogP contribution in [0.25, 0.3) is 0 Å². The Balaban J connectivity index is 1.42. The SMILES string of the molecule is CC(Oc1ccc(C(C)(CCC(C)(c2ccc(O[C@H](C)c3ocnc3S(C)(=O)=O)cc2)c2cc(Cl)c(OCCCl)c(Cl)c2)c2cc(Cl)c(OCCCl)c(C#N)c2)cc1)c1coc(S(C)(=O)=O)n1. The number of nitrogens with zero attached hydrogens (tertiary/aromatic N) is 3. The van der Waals surface area contributed by atoms with Crippen LogP contribution in [-0.4, -0.2) is 64.3 Å². The first-order valence-electron chi connectivity index (χ1n) is 20.6. The van der Waals surface area contributed by atoms with Crippen LogP contribution < -0.4 is 18.9 Å². The fourth-order valence-corrected chi connectivity index (χ4v) is 9.93. The first kappa shape index (κ1) is 51.7. The average Bonchev–Trinajstić information content (AvgIpc) is 4.00. The van der Waals surface area contributed by atoms with Crippen molar-refractivity contribution >= 4 is 77.7 Å². The number of aromatic nitrogens is 2. The van der Waals surface area contributed by atoms with E-state index in [0.717, 1.165) is 35.6 Å². The molecule has 6 aromatic rings. The summed E-state index contributed by atoms with van der Waals surface area (Å²) in [5, 5.41) is 10.5. The highest BCUT2D eigenvalue weighted by atomic mass is 35.5. The van der Waals surface area contributed by atoms with Crippen molar-refractivity contribution in [2.75, 3.05) is 37.5 Å². The molecule has 2 heterocycles. The lowest BCUT2D eigenvalue weighted by molar-refractivity contribution is 0.191. The molecule has 67 heavy (non-hydrogen) atoms. The standard InChI is InChI=1S/C47H46Cl5N3O10S2/c1-28(40-26-62-45(55-40)67(6,58)59)64-35-11-7-31(8-12-35)46(3,33-21-30(25-53)42(37(50)22-33)60-19-17-48)15-16-47(4,34-23-38(51)43(39(52)24-34)61-20-18-49)32-9-13-36(14-10-32)65-29(2)41-44(54-27-63-41)66(5,56)57/h7-14,21-24,26-29H,15-20H2,1-6H3/t28?,29-,46?,47?/m1/s1. The maximum atomic E-state index is 12.4. The van der Waals surface area contributed by atoms with Crippen LogP contribution in [0.5, 0.6) is 23.0 Å². The van der Waals surface area contributed by atoms with Crippen molar-refractivity contribution in [1.82, 2.24) is 9.97 Å². The third-order valence-corrected chi connectivity index (χ3v) is 14.3. The molecule has 0 bridgehead atoms. The first-order chi connectivity index (χ1) is 31.6. The molecule has 20 heteroatoms. The van der Waals surface area contributed by atoms with Gasteiger partial charge in [0.25, 0.3) is 0 Å². The summed E-state index contributed by atoms with van der Waals surface area (Å²) in [6, 6.07) is 24.2. The van der Waals surface area contributed by atoms with E-state index in [1.165, 1.54) is 6.26 Å². The van der Waals surface area contributed by atoms with Gasteiger partial charge in [0.1, 0.15) is 48.8 Å². The van der Waals surface area contributed by atoms with E-state index in [9.17, 15) is 22.1 Å². The van der Waals surface area contributed by atoms with Crippen molar-refractivity contribution in [3.63, 3.8) is 0 Å². The van der Waals surface area contributed by atoms with Crippen molar-refractivity contribution in [2.24, 2.45) is 0 Å². The Kier molecular flexibility index (Phi) is 16.5. The molecule has 2 aromatic heterocycles. The van der Waals surface area contributed by atoms with Gasteiger partial charge in [-0.1, -0.05) is 72.9 Å². The number of hydrogen-bond acceptors (Lipinski definition) is 13. The molecular weight excluding hydrogens is 1010 g/mol. The summed E-state index contributed by atoms with van der Waals surface area (Å²) >= 11 is 32.6. The average molecular weight is 1050 g/mol. The second-order valence-corrected chi connectivity index (χ2v) is 21.9. The van der Waals surface area contributed by atoms with Gasteiger partial charge in [0.2, 0.25) is 9.84 Å². The minimum absolute atomic E-state index is 0.0713. The fraction of sp³-hybridized carbons (Fsp3) is 0.340. The molecule has 0 saturated heterocycles. The van der Waals surface area contributed by atoms with Crippen molar-refractivity contribution in [2.45, 2.75) is 73.8 Å². The molecule has 0 amide bonds. The zero-order valence-electron chi connectivity index (χ0n) is 37.1. The molecule has 0 aliphatic heterocycles. The molecule has 4 aromatic carbocycles. The van der Waals surface area contributed by atoms with Crippen molar-refractivity contribution < 1.29 is 44.6 Å². The second-order valence-electron chi connectivity index (χ2n) is 16.1. The molecule has 0 saturated carbocycles. The Bertz CT molecular complexity index is 2960. The van der Waals surface area contributed by atoms with Crippen LogP contribution in [0.15, 0.2) is 105 Å². The maximum Gasteiger partial charge on any atom is 0.314 e. The lowest BCUT2D eigenvalue weighted by Crippen LogP contribution is -2.31. The van der Waals surface area contributed by atoms with Gasteiger partial charge in [0.15, 0.2) is 44.6 Å². The summed E-state index contributed by atoms with van der Waals surface area (Å²) in [4.78, 5) is 7.97. The minimum atomic E-state index is -3.68. The summed E-state index contributed by atoms with van der Waals surface area (Å²) in [6.45, 7) is 7.83. The summed E-state index contributed by atoms with van der Waals surface area (Å²) in [5.74, 6) is 1.91. The van der Waals surface area contributed by atoms with E-state index in [4.69, 9.17) is 85.8 Å². The van der Waals surface area contributed by atoms with Crippen LogP contribution in [-0.2, 0) is 30.5 Å². The van der Waals surface area contributed by atoms with Crippen molar-refractivity contribution in [3.8, 4) is 29.1 Å². The molecule has 4 atom stereocenters. The van der Waals surface area contributed by atoms with Crippen molar-refractivity contribution in [1.29, 1.82) is 5.26 Å². The number of halogens is 5. The Morgan fingerprint density at radius 2 is 1.16 bits per heavy atom. The Hall–Kier alpha value is -4.66. The van der Waals surface area contributed by atoms with Crippen molar-refractivity contribution in [3.05, 3.63) is 140 Å². The van der Waals surface area contributed by atoms with Gasteiger partial charge in [-0.3, -0.25) is 0 Å². The van der Waals surface area contributed by atoms with Gasteiger partial charge >= 0.3 is 5.22 Å². The predicted octanol–water partition coefficient (Wildman–Crippen LogP) is 11.9. The van der Waals surface area contributed by atoms with E-state index >= 15 is 0 Å². The minimum Gasteiger partial charge on any atom is -0.489 e. The topological polar surface area (TPSA) is 181 Å². The van der Waals surface area contributed by atoms with E-state index in [0.29, 0.717) is 41.3 Å². The summed E-state index contributed by atoms with van der Waals surface area (Å²) in [5.41, 5.74) is 1.99. The quantitative estimate of drug-likeness (QED) is 0.0622. The van der Waals surface area contributed by atoms with Gasteiger partial charge in [-0.05, 0) is 97.5 Å². The zero-order chi connectivity index (χ0) is 48.9. The number of ether oxygens (including phenoxy) is 4. The lowest BCUT2D eigenvalue weighted by Gasteiger charge is -2.38. The highest BCUT2D eigenvalue weighted by molar-refractivity contribution is 7.90. The van der Waals surface area contributed by atoms with E-state index in [1.807, 2.05) is 36.4 Å². The molecule has 0 aliphatic rings. The molecule has 6 rings (SSSR count). The Morgan fingerprint density at radius 3 is 1.63 bits per heavy atom. The maximum absolute atomic E-state index is 12.4. The highest BCUT2D eigenvalue weighted by Gasteiger charge is 2.38. The first-order valence-corrected chi connectivity index (χ1v) is 26.6. The Morgan fingerprint density at radius 1 is 0.687 bits per heavy atom. The van der Waals surface area contributed by atoms with Crippen LogP contribution >= 0.6 is 58.0 Å². The van der Waals surface area contributed by atoms with Gasteiger partial charge in [0, 0.05) is 23.3 Å². The molecule has 0 spiro atoms. The van der Waals surface area contributed by atoms with Crippen LogP contribution in [0.3, 0.4) is 0 Å². The molecule has 356 valence electrons. The molecule has 13 nitrogen and oxygen atoms in total. The van der Waals surface area contributed by atoms with Gasteiger partial charge in [-0.2, -0.15) is 5.26 Å². The van der Waals surface area contributed by atoms with E-state index in [2.05, 4.69) is 29.9 Å². The van der Waals surface area contributed by atoms with Gasteiger partial charge in [-0.15, -0.1) is 23.2 Å². The number of sulfone groups is 2. The predicted molar refractivity (Wildman–Crippen MR) is 257 cm³/mol. The monoisotopic (exact) mass is 1050 g/mol. The summed E-state index contributed by atoms with van der Waals surface area (Å²) in [6.07, 6.45) is 3.79. The Labute approximate surface area is 415 Å². The number of hydrogen-bond donors (Lipinski definition) is 0. The van der Waals surface area contributed by atoms with Gasteiger partial charge in [0.05, 0.1) is 32.4 Å². The van der Waals surface area contributed by atoms with Crippen LogP contribution in [0, 0.1) is 11.3 Å². The third kappa shape index (κ3) is 11.8. The normalized spacial score (nSPS) is 14.6.